The van der Waals surface area contributed by atoms with Crippen LogP contribution in [0.3, 0.4) is 0 Å². The highest BCUT2D eigenvalue weighted by Gasteiger charge is 2.57. The van der Waals surface area contributed by atoms with E-state index in [2.05, 4.69) is 26.7 Å². The Morgan fingerprint density at radius 3 is 2.22 bits per heavy atom. The molecule has 0 spiro atoms. The maximum absolute atomic E-state index is 14.3. The molecule has 0 radical (unpaired) electrons. The van der Waals surface area contributed by atoms with Crippen LogP contribution >= 0.6 is 48.0 Å². The second-order valence-electron chi connectivity index (χ2n) is 12.6. The van der Waals surface area contributed by atoms with Crippen LogP contribution in [-0.2, 0) is 33.6 Å². The summed E-state index contributed by atoms with van der Waals surface area (Å²) in [5.41, 5.74) is 6.28. The number of anilines is 2. The number of amides is 3. The van der Waals surface area contributed by atoms with Gasteiger partial charge in [0.15, 0.2) is 0 Å². The molecule has 2 aliphatic carbocycles. The summed E-state index contributed by atoms with van der Waals surface area (Å²) >= 11 is 12.6. The molecule has 0 unspecified atom stereocenters. The number of nitriles is 1. The summed E-state index contributed by atoms with van der Waals surface area (Å²) in [5.74, 6) is -0.948. The summed E-state index contributed by atoms with van der Waals surface area (Å²) in [7, 11) is 0. The smallest absolute Gasteiger partial charge is 0.270 e. The molecule has 4 N–H and O–H groups in total. The van der Waals surface area contributed by atoms with E-state index >= 15 is 0 Å². The van der Waals surface area contributed by atoms with Crippen molar-refractivity contribution in [2.45, 2.75) is 62.2 Å². The number of nitrogens with two attached hydrogens (primary N) is 1. The van der Waals surface area contributed by atoms with Gasteiger partial charge >= 0.3 is 0 Å². The Morgan fingerprint density at radius 2 is 1.63 bits per heavy atom. The number of benzene rings is 2. The number of nitrogens with one attached hydrogen (secondary N) is 2. The lowest BCUT2D eigenvalue weighted by molar-refractivity contribution is -0.125. The fourth-order valence-electron chi connectivity index (χ4n) is 6.31. The minimum atomic E-state index is -1.31. The Balaban J connectivity index is 0.00000234. The van der Waals surface area contributed by atoms with E-state index in [1.807, 2.05) is 12.1 Å². The largest absolute Gasteiger partial charge is 0.343 e. The average Bonchev–Trinajstić information content (AvgIpc) is 3.96. The Kier molecular flexibility index (Phi) is 9.78. The number of rotatable bonds is 9. The topological polar surface area (TPSA) is 159 Å². The van der Waals surface area contributed by atoms with Crippen molar-refractivity contribution in [3.05, 3.63) is 105 Å². The summed E-state index contributed by atoms with van der Waals surface area (Å²) in [6.45, 7) is 2.10. The van der Waals surface area contributed by atoms with Crippen LogP contribution < -0.4 is 21.3 Å². The Bertz CT molecular complexity index is 1980. The number of carbonyl (C=O) groups excluding carboxylic acids is 3. The van der Waals surface area contributed by atoms with Crippen molar-refractivity contribution in [1.82, 2.24) is 25.2 Å². The molecule has 2 fully saturated rings. The fraction of sp³-hybridized carbons (Fsp3) is 0.294. The predicted molar refractivity (Wildman–Crippen MR) is 189 cm³/mol. The number of halogens is 4. The van der Waals surface area contributed by atoms with Gasteiger partial charge in [0, 0.05) is 29.2 Å². The van der Waals surface area contributed by atoms with Crippen LogP contribution in [0.2, 0.25) is 10.0 Å². The molecule has 2 aromatic heterocycles. The Labute approximate surface area is 305 Å². The number of pyridine rings is 1. The summed E-state index contributed by atoms with van der Waals surface area (Å²) in [5, 5.41) is 16.1. The molecule has 2 saturated carbocycles. The number of nitrogens with zero attached hydrogens (tertiary/aromatic N) is 5. The van der Waals surface area contributed by atoms with Crippen LogP contribution in [0.25, 0.3) is 0 Å². The summed E-state index contributed by atoms with van der Waals surface area (Å²) in [4.78, 5) is 52.5. The quantitative estimate of drug-likeness (QED) is 0.205. The van der Waals surface area contributed by atoms with E-state index in [1.165, 1.54) is 11.1 Å². The lowest BCUT2D eigenvalue weighted by Crippen LogP contribution is -2.52. The van der Waals surface area contributed by atoms with Crippen molar-refractivity contribution in [3.63, 3.8) is 0 Å². The Hall–Kier alpha value is -4.18. The van der Waals surface area contributed by atoms with E-state index in [-0.39, 0.29) is 54.7 Å². The minimum Gasteiger partial charge on any atom is -0.343 e. The molecule has 1 atom stereocenters. The van der Waals surface area contributed by atoms with Gasteiger partial charge in [0.1, 0.15) is 16.8 Å². The lowest BCUT2D eigenvalue weighted by atomic mass is 9.91. The molecule has 11 nitrogen and oxygen atoms in total. The first-order valence-corrected chi connectivity index (χ1v) is 15.9. The van der Waals surface area contributed by atoms with Gasteiger partial charge in [0.2, 0.25) is 11.9 Å². The molecule has 2 aromatic carbocycles. The average molecular weight is 742 g/mol. The lowest BCUT2D eigenvalue weighted by Gasteiger charge is -2.27. The molecule has 254 valence electrons. The number of imidazole rings is 1. The zero-order chi connectivity index (χ0) is 33.1. The van der Waals surface area contributed by atoms with Crippen molar-refractivity contribution in [2.24, 2.45) is 5.73 Å². The zero-order valence-corrected chi connectivity index (χ0v) is 29.3. The van der Waals surface area contributed by atoms with Gasteiger partial charge in [-0.05, 0) is 86.2 Å². The highest BCUT2D eigenvalue weighted by molar-refractivity contribution is 6.35. The van der Waals surface area contributed by atoms with E-state index in [9.17, 15) is 19.6 Å². The van der Waals surface area contributed by atoms with Crippen LogP contribution in [0.5, 0.6) is 0 Å². The third-order valence-electron chi connectivity index (χ3n) is 9.26. The van der Waals surface area contributed by atoms with Crippen LogP contribution in [-0.4, -0.2) is 37.8 Å². The van der Waals surface area contributed by atoms with Gasteiger partial charge in [-0.1, -0.05) is 35.3 Å². The van der Waals surface area contributed by atoms with E-state index in [4.69, 9.17) is 28.9 Å². The third-order valence-corrected chi connectivity index (χ3v) is 9.70. The maximum atomic E-state index is 14.3. The predicted octanol–water partition coefficient (Wildman–Crippen LogP) is 5.46. The molecule has 3 amide bonds. The first kappa shape index (κ1) is 36.1. The molecule has 4 aromatic rings. The van der Waals surface area contributed by atoms with Crippen LogP contribution in [0.15, 0.2) is 67.0 Å². The number of hydrogen-bond donors (Lipinski definition) is 3. The van der Waals surface area contributed by atoms with Crippen molar-refractivity contribution in [3.8, 4) is 6.07 Å². The maximum Gasteiger partial charge on any atom is 0.270 e. The second-order valence-corrected chi connectivity index (χ2v) is 13.5. The van der Waals surface area contributed by atoms with Gasteiger partial charge in [-0.2, -0.15) is 5.26 Å². The third kappa shape index (κ3) is 6.35. The molecule has 49 heavy (non-hydrogen) atoms. The van der Waals surface area contributed by atoms with Crippen LogP contribution in [0.1, 0.15) is 65.5 Å². The molecule has 0 saturated heterocycles. The van der Waals surface area contributed by atoms with Gasteiger partial charge in [-0.15, -0.1) is 24.8 Å². The first-order valence-electron chi connectivity index (χ1n) is 15.2. The molecular weight excluding hydrogens is 710 g/mol. The van der Waals surface area contributed by atoms with Gasteiger partial charge < -0.3 is 16.4 Å². The number of fused-ring (bicyclic) bond motifs is 1. The van der Waals surface area contributed by atoms with Gasteiger partial charge in [0.05, 0.1) is 34.7 Å². The first-order chi connectivity index (χ1) is 22.5. The number of carbonyl (C=O) groups is 3. The molecule has 1 aliphatic heterocycles. The SMILES string of the molecule is C[C@@]1(Cc2ccc(C#N)cc2)C(=O)N(c2cc(Cl)cc(Cl)c2)c2ncc(C(=O)NC3(C(=O)NC4(c5cc(CN)ccn5)CC4)CC3)n21.Cl.Cl. The van der Waals surface area contributed by atoms with E-state index in [1.54, 1.807) is 60.2 Å². The van der Waals surface area contributed by atoms with Crippen molar-refractivity contribution in [2.75, 3.05) is 4.90 Å². The number of hydrogen-bond acceptors (Lipinski definition) is 7. The van der Waals surface area contributed by atoms with E-state index in [0.29, 0.717) is 40.7 Å². The molecular formula is C34H32Cl4N8O3. The zero-order valence-electron chi connectivity index (χ0n) is 26.2. The van der Waals surface area contributed by atoms with Crippen LogP contribution in [0, 0.1) is 11.3 Å². The van der Waals surface area contributed by atoms with Gasteiger partial charge in [0.25, 0.3) is 11.8 Å². The van der Waals surface area contributed by atoms with E-state index in [0.717, 1.165) is 29.7 Å². The molecule has 3 heterocycles. The summed E-state index contributed by atoms with van der Waals surface area (Å²) in [6, 6.07) is 17.5. The minimum absolute atomic E-state index is 0. The van der Waals surface area contributed by atoms with Crippen molar-refractivity contribution < 1.29 is 14.4 Å². The number of aromatic nitrogens is 3. The standard InChI is InChI=1S/C34H30Cl2N8O3.2ClH/c1-32(16-20-2-4-21(17-37)5-3-20)30(47)43(25-14-23(35)13-24(36)15-25)31-40-19-26(44(31)32)28(45)41-34(9-10-34)29(46)42-33(7-8-33)27-12-22(18-38)6-11-39-27;;/h2-6,11-15,19H,7-10,16,18,38H2,1H3,(H,41,45)(H,42,46);2*1H/t32-;;/m1../s1. The van der Waals surface area contributed by atoms with Crippen molar-refractivity contribution >= 4 is 77.4 Å². The summed E-state index contributed by atoms with van der Waals surface area (Å²) < 4.78 is 1.61. The molecule has 15 heteroatoms. The van der Waals surface area contributed by atoms with E-state index < -0.39 is 22.5 Å². The van der Waals surface area contributed by atoms with Gasteiger partial charge in [-0.25, -0.2) is 9.88 Å². The molecule has 0 bridgehead atoms. The van der Waals surface area contributed by atoms with Crippen molar-refractivity contribution in [1.29, 1.82) is 5.26 Å². The van der Waals surface area contributed by atoms with Crippen LogP contribution in [0.4, 0.5) is 11.6 Å². The molecule has 3 aliphatic rings. The highest BCUT2D eigenvalue weighted by atomic mass is 35.5. The Morgan fingerprint density at radius 1 is 0.959 bits per heavy atom. The molecule has 7 rings (SSSR count). The highest BCUT2D eigenvalue weighted by Crippen LogP contribution is 2.47. The normalized spacial score (nSPS) is 19.1. The van der Waals surface area contributed by atoms with Gasteiger partial charge in [-0.3, -0.25) is 23.9 Å². The monoisotopic (exact) mass is 740 g/mol. The fourth-order valence-corrected chi connectivity index (χ4v) is 6.82. The second kappa shape index (κ2) is 13.3. The summed E-state index contributed by atoms with van der Waals surface area (Å²) in [6.07, 6.45) is 5.69.